The van der Waals surface area contributed by atoms with Gasteiger partial charge in [0.15, 0.2) is 0 Å². The minimum atomic E-state index is -0.970. The SMILES string of the molecule is Nc1ccc(C(=O)O)cc1OCCCN1CCCC1. The lowest BCUT2D eigenvalue weighted by Crippen LogP contribution is -2.22. The fourth-order valence-electron chi connectivity index (χ4n) is 2.27. The third-order valence-corrected chi connectivity index (χ3v) is 3.34. The van der Waals surface area contributed by atoms with Gasteiger partial charge in [-0.15, -0.1) is 0 Å². The smallest absolute Gasteiger partial charge is 0.335 e. The maximum Gasteiger partial charge on any atom is 0.335 e. The van der Waals surface area contributed by atoms with E-state index in [1.807, 2.05) is 0 Å². The summed E-state index contributed by atoms with van der Waals surface area (Å²) in [6, 6.07) is 4.53. The van der Waals surface area contributed by atoms with Crippen LogP contribution in [0.25, 0.3) is 0 Å². The second kappa shape index (κ2) is 6.43. The van der Waals surface area contributed by atoms with Crippen molar-refractivity contribution < 1.29 is 14.6 Å². The maximum atomic E-state index is 10.9. The van der Waals surface area contributed by atoms with Crippen LogP contribution in [0, 0.1) is 0 Å². The molecule has 1 heterocycles. The number of likely N-dealkylation sites (tertiary alicyclic amines) is 1. The van der Waals surface area contributed by atoms with Gasteiger partial charge in [-0.3, -0.25) is 0 Å². The van der Waals surface area contributed by atoms with Gasteiger partial charge in [0.1, 0.15) is 5.75 Å². The molecule has 1 aliphatic rings. The van der Waals surface area contributed by atoms with E-state index < -0.39 is 5.97 Å². The first kappa shape index (κ1) is 13.7. The third-order valence-electron chi connectivity index (χ3n) is 3.34. The molecule has 0 aliphatic carbocycles. The van der Waals surface area contributed by atoms with E-state index in [-0.39, 0.29) is 5.56 Å². The zero-order valence-electron chi connectivity index (χ0n) is 11.0. The van der Waals surface area contributed by atoms with Crippen molar-refractivity contribution in [3.05, 3.63) is 23.8 Å². The Hall–Kier alpha value is -1.75. The quantitative estimate of drug-likeness (QED) is 0.605. The summed E-state index contributed by atoms with van der Waals surface area (Å²) in [7, 11) is 0. The number of ether oxygens (including phenoxy) is 1. The van der Waals surface area contributed by atoms with Crippen LogP contribution < -0.4 is 10.5 Å². The summed E-state index contributed by atoms with van der Waals surface area (Å²) >= 11 is 0. The standard InChI is InChI=1S/C14H20N2O3/c15-12-5-4-11(14(17)18)10-13(12)19-9-3-8-16-6-1-2-7-16/h4-5,10H,1-3,6-9,15H2,(H,17,18). The highest BCUT2D eigenvalue weighted by Crippen LogP contribution is 2.23. The number of anilines is 1. The molecule has 1 aliphatic heterocycles. The van der Waals surface area contributed by atoms with Crippen molar-refractivity contribution in [2.24, 2.45) is 0 Å². The third kappa shape index (κ3) is 3.86. The Morgan fingerprint density at radius 3 is 2.79 bits per heavy atom. The number of carbonyl (C=O) groups is 1. The molecule has 0 radical (unpaired) electrons. The van der Waals surface area contributed by atoms with Gasteiger partial charge in [-0.05, 0) is 50.6 Å². The van der Waals surface area contributed by atoms with Gasteiger partial charge in [0.25, 0.3) is 0 Å². The molecular formula is C14H20N2O3. The molecule has 1 saturated heterocycles. The van der Waals surface area contributed by atoms with Crippen LogP contribution in [-0.4, -0.2) is 42.2 Å². The van der Waals surface area contributed by atoms with Crippen molar-refractivity contribution in [1.29, 1.82) is 0 Å². The molecule has 0 bridgehead atoms. The highest BCUT2D eigenvalue weighted by atomic mass is 16.5. The highest BCUT2D eigenvalue weighted by Gasteiger charge is 2.11. The normalized spacial score (nSPS) is 15.6. The average molecular weight is 264 g/mol. The molecule has 104 valence electrons. The first-order valence-corrected chi connectivity index (χ1v) is 6.65. The summed E-state index contributed by atoms with van der Waals surface area (Å²) < 4.78 is 5.57. The molecule has 0 unspecified atom stereocenters. The van der Waals surface area contributed by atoms with Gasteiger partial charge in [0, 0.05) is 6.54 Å². The average Bonchev–Trinajstić information content (AvgIpc) is 2.89. The predicted octanol–water partition coefficient (Wildman–Crippen LogP) is 1.83. The van der Waals surface area contributed by atoms with Crippen LogP contribution in [0.15, 0.2) is 18.2 Å². The Morgan fingerprint density at radius 2 is 2.11 bits per heavy atom. The number of carboxylic acid groups (broad SMARTS) is 1. The lowest BCUT2D eigenvalue weighted by atomic mass is 10.2. The number of nitrogens with two attached hydrogens (primary N) is 1. The largest absolute Gasteiger partial charge is 0.491 e. The highest BCUT2D eigenvalue weighted by molar-refractivity contribution is 5.89. The van der Waals surface area contributed by atoms with Crippen molar-refractivity contribution in [3.8, 4) is 5.75 Å². The van der Waals surface area contributed by atoms with Crippen molar-refractivity contribution in [1.82, 2.24) is 4.90 Å². The van der Waals surface area contributed by atoms with E-state index in [4.69, 9.17) is 15.6 Å². The number of aromatic carboxylic acids is 1. The van der Waals surface area contributed by atoms with Crippen LogP contribution in [0.2, 0.25) is 0 Å². The molecule has 5 heteroatoms. The summed E-state index contributed by atoms with van der Waals surface area (Å²) in [5.41, 5.74) is 6.44. The van der Waals surface area contributed by atoms with E-state index in [0.29, 0.717) is 18.0 Å². The van der Waals surface area contributed by atoms with Gasteiger partial charge in [-0.1, -0.05) is 0 Å². The first-order chi connectivity index (χ1) is 9.16. The van der Waals surface area contributed by atoms with E-state index in [0.717, 1.165) is 13.0 Å². The summed E-state index contributed by atoms with van der Waals surface area (Å²) in [6.07, 6.45) is 3.50. The maximum absolute atomic E-state index is 10.9. The van der Waals surface area contributed by atoms with Gasteiger partial charge in [-0.2, -0.15) is 0 Å². The minimum absolute atomic E-state index is 0.198. The molecule has 1 aromatic carbocycles. The molecule has 1 fully saturated rings. The predicted molar refractivity (Wildman–Crippen MR) is 73.6 cm³/mol. The molecule has 5 nitrogen and oxygen atoms in total. The Morgan fingerprint density at radius 1 is 1.37 bits per heavy atom. The van der Waals surface area contributed by atoms with Crippen LogP contribution in [-0.2, 0) is 0 Å². The summed E-state index contributed by atoms with van der Waals surface area (Å²) in [5.74, 6) is -0.511. The van der Waals surface area contributed by atoms with E-state index in [1.54, 1.807) is 6.07 Å². The summed E-state index contributed by atoms with van der Waals surface area (Å²) in [5, 5.41) is 8.91. The van der Waals surface area contributed by atoms with Gasteiger partial charge in [0.05, 0.1) is 17.9 Å². The second-order valence-corrected chi connectivity index (χ2v) is 4.81. The summed E-state index contributed by atoms with van der Waals surface area (Å²) in [4.78, 5) is 13.3. The minimum Gasteiger partial charge on any atom is -0.491 e. The number of hydrogen-bond acceptors (Lipinski definition) is 4. The Kier molecular flexibility index (Phi) is 4.63. The molecule has 3 N–H and O–H groups in total. The molecule has 0 amide bonds. The van der Waals surface area contributed by atoms with Crippen LogP contribution >= 0.6 is 0 Å². The fraction of sp³-hybridized carbons (Fsp3) is 0.500. The van der Waals surface area contributed by atoms with E-state index in [1.165, 1.54) is 38.1 Å². The molecule has 19 heavy (non-hydrogen) atoms. The molecule has 0 spiro atoms. The van der Waals surface area contributed by atoms with Gasteiger partial charge >= 0.3 is 5.97 Å². The van der Waals surface area contributed by atoms with Gasteiger partial charge in [-0.25, -0.2) is 4.79 Å². The lowest BCUT2D eigenvalue weighted by Gasteiger charge is -2.15. The van der Waals surface area contributed by atoms with E-state index in [9.17, 15) is 4.79 Å². The first-order valence-electron chi connectivity index (χ1n) is 6.65. The van der Waals surface area contributed by atoms with Crippen LogP contribution in [0.1, 0.15) is 29.6 Å². The van der Waals surface area contributed by atoms with Crippen molar-refractivity contribution in [3.63, 3.8) is 0 Å². The number of rotatable bonds is 6. The van der Waals surface area contributed by atoms with Gasteiger partial charge < -0.3 is 20.5 Å². The number of hydrogen-bond donors (Lipinski definition) is 2. The number of carboxylic acids is 1. The zero-order valence-corrected chi connectivity index (χ0v) is 11.0. The molecule has 0 aromatic heterocycles. The Bertz CT molecular complexity index is 442. The topological polar surface area (TPSA) is 75.8 Å². The zero-order chi connectivity index (χ0) is 13.7. The fourth-order valence-corrected chi connectivity index (χ4v) is 2.27. The lowest BCUT2D eigenvalue weighted by molar-refractivity contribution is 0.0696. The van der Waals surface area contributed by atoms with Crippen molar-refractivity contribution in [2.75, 3.05) is 32.0 Å². The van der Waals surface area contributed by atoms with Crippen LogP contribution in [0.4, 0.5) is 5.69 Å². The Balaban J connectivity index is 1.81. The molecule has 0 atom stereocenters. The number of nitrogens with zero attached hydrogens (tertiary/aromatic N) is 1. The number of nitrogen functional groups attached to an aromatic ring is 1. The second-order valence-electron chi connectivity index (χ2n) is 4.81. The molecule has 1 aromatic rings. The van der Waals surface area contributed by atoms with E-state index in [2.05, 4.69) is 4.90 Å². The van der Waals surface area contributed by atoms with E-state index >= 15 is 0 Å². The number of benzene rings is 1. The monoisotopic (exact) mass is 264 g/mol. The van der Waals surface area contributed by atoms with Crippen molar-refractivity contribution in [2.45, 2.75) is 19.3 Å². The molecule has 2 rings (SSSR count). The van der Waals surface area contributed by atoms with Crippen molar-refractivity contribution >= 4 is 11.7 Å². The molecular weight excluding hydrogens is 244 g/mol. The Labute approximate surface area is 113 Å². The van der Waals surface area contributed by atoms with Crippen LogP contribution in [0.3, 0.4) is 0 Å². The molecule has 0 saturated carbocycles. The summed E-state index contributed by atoms with van der Waals surface area (Å²) in [6.45, 7) is 3.94. The van der Waals surface area contributed by atoms with Crippen LogP contribution in [0.5, 0.6) is 5.75 Å². The van der Waals surface area contributed by atoms with Gasteiger partial charge in [0.2, 0.25) is 0 Å².